The molecule has 2 aliphatic rings. The van der Waals surface area contributed by atoms with Crippen LogP contribution in [-0.4, -0.2) is 61.5 Å². The van der Waals surface area contributed by atoms with Gasteiger partial charge in [-0.25, -0.2) is 0 Å². The molecule has 2 aliphatic heterocycles. The van der Waals surface area contributed by atoms with Crippen molar-refractivity contribution in [3.63, 3.8) is 0 Å². The van der Waals surface area contributed by atoms with Gasteiger partial charge in [0.05, 0.1) is 44.0 Å². The molecule has 9 nitrogen and oxygen atoms in total. The number of carbonyl (C=O) groups excluding carboxylic acids is 3. The maximum absolute atomic E-state index is 13.4. The fourth-order valence-corrected chi connectivity index (χ4v) is 6.35. The second-order valence-corrected chi connectivity index (χ2v) is 11.2. The molecule has 0 saturated carbocycles. The third kappa shape index (κ3) is 6.43. The number of benzene rings is 2. The Morgan fingerprint density at radius 3 is 2.53 bits per heavy atom. The molecule has 0 aliphatic carbocycles. The van der Waals surface area contributed by atoms with Gasteiger partial charge in [-0.2, -0.15) is 0 Å². The van der Waals surface area contributed by atoms with E-state index in [1.165, 1.54) is 0 Å². The Labute approximate surface area is 256 Å². The predicted octanol–water partition coefficient (Wildman–Crippen LogP) is 6.09. The van der Waals surface area contributed by atoms with Gasteiger partial charge in [0.2, 0.25) is 5.91 Å². The molecule has 3 heterocycles. The molecular weight excluding hydrogens is 572 g/mol. The van der Waals surface area contributed by atoms with Crippen LogP contribution in [0.25, 0.3) is 5.69 Å². The average molecular weight is 609 g/mol. The van der Waals surface area contributed by atoms with E-state index in [9.17, 15) is 14.4 Å². The first kappa shape index (κ1) is 30.6. The zero-order chi connectivity index (χ0) is 30.5. The molecule has 0 unspecified atom stereocenters. The van der Waals surface area contributed by atoms with E-state index in [1.54, 1.807) is 33.3 Å². The number of halogens is 1. The van der Waals surface area contributed by atoms with E-state index in [0.29, 0.717) is 54.8 Å². The Morgan fingerprint density at radius 1 is 1.05 bits per heavy atom. The summed E-state index contributed by atoms with van der Waals surface area (Å²) in [6.07, 6.45) is 2.25. The number of para-hydroxylation sites is 1. The van der Waals surface area contributed by atoms with Crippen LogP contribution in [0.1, 0.15) is 78.5 Å². The molecule has 1 fully saturated rings. The van der Waals surface area contributed by atoms with E-state index in [4.69, 9.17) is 30.5 Å². The molecular formula is C33H37ClN2O7. The van der Waals surface area contributed by atoms with Crippen molar-refractivity contribution in [3.05, 3.63) is 76.1 Å². The first-order valence-electron chi connectivity index (χ1n) is 14.6. The van der Waals surface area contributed by atoms with Gasteiger partial charge in [0.25, 0.3) is 0 Å². The van der Waals surface area contributed by atoms with Gasteiger partial charge in [0.15, 0.2) is 17.8 Å². The summed E-state index contributed by atoms with van der Waals surface area (Å²) < 4.78 is 25.2. The number of aromatic nitrogens is 1. The number of aldehydes is 1. The van der Waals surface area contributed by atoms with Crippen molar-refractivity contribution >= 4 is 29.8 Å². The zero-order valence-corrected chi connectivity index (χ0v) is 25.5. The lowest BCUT2D eigenvalue weighted by molar-refractivity contribution is -0.144. The van der Waals surface area contributed by atoms with E-state index in [1.807, 2.05) is 45.9 Å². The Morgan fingerprint density at radius 2 is 1.84 bits per heavy atom. The van der Waals surface area contributed by atoms with Gasteiger partial charge in [0.1, 0.15) is 6.10 Å². The van der Waals surface area contributed by atoms with E-state index in [-0.39, 0.29) is 24.2 Å². The number of likely N-dealkylation sites (tertiary alicyclic amines) is 1. The molecule has 0 bridgehead atoms. The Bertz CT molecular complexity index is 1480. The molecule has 2 aromatic carbocycles. The van der Waals surface area contributed by atoms with Crippen LogP contribution in [0.5, 0.6) is 11.5 Å². The van der Waals surface area contributed by atoms with Gasteiger partial charge >= 0.3 is 5.97 Å². The summed E-state index contributed by atoms with van der Waals surface area (Å²) in [5.41, 5.74) is 3.51. The first-order chi connectivity index (χ1) is 20.9. The van der Waals surface area contributed by atoms with E-state index in [0.717, 1.165) is 41.6 Å². The fraction of sp³-hybridized carbons (Fsp3) is 0.424. The monoisotopic (exact) mass is 608 g/mol. The maximum atomic E-state index is 13.4. The van der Waals surface area contributed by atoms with Gasteiger partial charge in [-0.15, -0.1) is 0 Å². The van der Waals surface area contributed by atoms with Crippen LogP contribution in [0.4, 0.5) is 0 Å². The highest BCUT2D eigenvalue weighted by atomic mass is 35.5. The summed E-state index contributed by atoms with van der Waals surface area (Å²) >= 11 is 6.50. The molecule has 3 aromatic rings. The average Bonchev–Trinajstić information content (AvgIpc) is 3.39. The van der Waals surface area contributed by atoms with Crippen LogP contribution in [-0.2, 0) is 19.1 Å². The number of amides is 1. The summed E-state index contributed by atoms with van der Waals surface area (Å²) in [6, 6.07) is 14.8. The summed E-state index contributed by atoms with van der Waals surface area (Å²) in [5.74, 6) is 1.17. The zero-order valence-electron chi connectivity index (χ0n) is 24.7. The van der Waals surface area contributed by atoms with Crippen molar-refractivity contribution < 1.29 is 33.3 Å². The topological polar surface area (TPSA) is 96.3 Å². The molecule has 2 atom stereocenters. The van der Waals surface area contributed by atoms with E-state index < -0.39 is 12.2 Å². The van der Waals surface area contributed by atoms with Crippen LogP contribution in [0.2, 0.25) is 5.02 Å². The molecule has 5 rings (SSSR count). The van der Waals surface area contributed by atoms with Crippen LogP contribution < -0.4 is 9.47 Å². The Kier molecular flexibility index (Phi) is 9.72. The van der Waals surface area contributed by atoms with Gasteiger partial charge in [-0.3, -0.25) is 14.4 Å². The molecule has 43 heavy (non-hydrogen) atoms. The van der Waals surface area contributed by atoms with Crippen molar-refractivity contribution in [1.29, 1.82) is 0 Å². The highest BCUT2D eigenvalue weighted by molar-refractivity contribution is 6.30. The normalized spacial score (nSPS) is 18.3. The number of hydrogen-bond acceptors (Lipinski definition) is 7. The lowest BCUT2D eigenvalue weighted by atomic mass is 9.93. The molecule has 0 spiro atoms. The highest BCUT2D eigenvalue weighted by Crippen LogP contribution is 2.47. The van der Waals surface area contributed by atoms with Crippen molar-refractivity contribution in [2.45, 2.75) is 51.2 Å². The number of carbonyl (C=O) groups is 3. The smallest absolute Gasteiger partial charge is 0.306 e. The number of nitrogens with zero attached hydrogens (tertiary/aromatic N) is 2. The van der Waals surface area contributed by atoms with Gasteiger partial charge in [0, 0.05) is 42.1 Å². The Hall–Kier alpha value is -3.82. The first-order valence-corrected chi connectivity index (χ1v) is 15.0. The molecule has 0 N–H and O–H groups in total. The molecule has 10 heteroatoms. The second kappa shape index (κ2) is 13.7. The maximum Gasteiger partial charge on any atom is 0.306 e. The summed E-state index contributed by atoms with van der Waals surface area (Å²) in [5, 5.41) is 0.524. The summed E-state index contributed by atoms with van der Waals surface area (Å²) in [6.45, 7) is 3.39. The summed E-state index contributed by atoms with van der Waals surface area (Å²) in [4.78, 5) is 39.3. The van der Waals surface area contributed by atoms with Crippen molar-refractivity contribution in [3.8, 4) is 17.2 Å². The Balaban J connectivity index is 1.42. The molecule has 1 amide bonds. The highest BCUT2D eigenvalue weighted by Gasteiger charge is 2.35. The van der Waals surface area contributed by atoms with Crippen LogP contribution >= 0.6 is 11.6 Å². The van der Waals surface area contributed by atoms with Crippen LogP contribution in [0.3, 0.4) is 0 Å². The molecule has 1 saturated heterocycles. The largest absolute Gasteiger partial charge is 0.493 e. The van der Waals surface area contributed by atoms with Crippen molar-refractivity contribution in [2.24, 2.45) is 5.92 Å². The number of piperidine rings is 1. The third-order valence-electron chi connectivity index (χ3n) is 8.27. The van der Waals surface area contributed by atoms with Gasteiger partial charge < -0.3 is 28.4 Å². The van der Waals surface area contributed by atoms with Crippen molar-refractivity contribution in [1.82, 2.24) is 9.47 Å². The number of ether oxygens (including phenoxy) is 4. The number of rotatable bonds is 10. The van der Waals surface area contributed by atoms with E-state index in [2.05, 4.69) is 0 Å². The number of methoxy groups -OCH3 is 2. The lowest BCUT2D eigenvalue weighted by Gasteiger charge is -2.32. The van der Waals surface area contributed by atoms with Crippen LogP contribution in [0.15, 0.2) is 48.5 Å². The number of fused-ring (bicyclic) bond motifs is 3. The van der Waals surface area contributed by atoms with Gasteiger partial charge in [-0.05, 0) is 68.5 Å². The number of esters is 1. The minimum atomic E-state index is -0.628. The minimum absolute atomic E-state index is 0.0345. The lowest BCUT2D eigenvalue weighted by Crippen LogP contribution is -2.39. The molecule has 228 valence electrons. The van der Waals surface area contributed by atoms with Crippen molar-refractivity contribution in [2.75, 3.05) is 33.9 Å². The van der Waals surface area contributed by atoms with E-state index >= 15 is 0 Å². The third-order valence-corrected chi connectivity index (χ3v) is 8.50. The number of hydrogen-bond donors (Lipinski definition) is 0. The SMILES string of the molecule is CCOC(=O)CC1CCN(C(=O)CC[C@H]2O[C@H](c3cccc(OC)c3OC)c3cc(Cl)ccc3-n3c(C=O)ccc32)CC1. The fourth-order valence-electron chi connectivity index (χ4n) is 6.17. The molecule has 0 radical (unpaired) electrons. The molecule has 1 aromatic heterocycles. The summed E-state index contributed by atoms with van der Waals surface area (Å²) in [7, 11) is 3.16. The van der Waals surface area contributed by atoms with Gasteiger partial charge in [-0.1, -0.05) is 23.7 Å². The second-order valence-electron chi connectivity index (χ2n) is 10.8. The van der Waals surface area contributed by atoms with Crippen LogP contribution in [0, 0.1) is 5.92 Å². The quantitative estimate of drug-likeness (QED) is 0.203. The minimum Gasteiger partial charge on any atom is -0.493 e. The predicted molar refractivity (Wildman–Crippen MR) is 161 cm³/mol. The standard InChI is InChI=1S/C33H37ClN2O7/c1-4-42-31(39)18-21-14-16-35(17-15-21)30(38)13-12-28-27-11-9-23(20-37)36(27)26-10-8-22(34)19-25(26)32(43-28)24-6-5-7-29(40-2)33(24)41-3/h5-11,19-21,28,32H,4,12-18H2,1-3H3/t28-,32-/m1/s1.